The first-order valence-electron chi connectivity index (χ1n) is 6.08. The van der Waals surface area contributed by atoms with Gasteiger partial charge in [-0.05, 0) is 12.1 Å². The van der Waals surface area contributed by atoms with Crippen molar-refractivity contribution in [1.29, 1.82) is 0 Å². The molecular weight excluding hydrogens is 278 g/mol. The quantitative estimate of drug-likeness (QED) is 0.602. The number of carbonyl (C=O) groups is 1. The number of nitro benzene ring substituents is 1. The summed E-state index contributed by atoms with van der Waals surface area (Å²) < 4.78 is 1.74. The van der Waals surface area contributed by atoms with Gasteiger partial charge in [0.25, 0.3) is 0 Å². The Morgan fingerprint density at radius 2 is 2.29 bits per heavy atom. The highest BCUT2D eigenvalue weighted by atomic mass is 16.6. The standard InChI is InChI=1S/C12H13N5O4/c1-16-7-14-15-10(16)5-6-13-9-4-2-3-8(12(18)19)11(9)17(20)21/h2-4,7,13H,5-6H2,1H3,(H,18,19). The minimum Gasteiger partial charge on any atom is -0.477 e. The monoisotopic (exact) mass is 291 g/mol. The first-order valence-corrected chi connectivity index (χ1v) is 6.08. The number of aromatic carboxylic acids is 1. The van der Waals surface area contributed by atoms with Crippen molar-refractivity contribution in [1.82, 2.24) is 14.8 Å². The minimum atomic E-state index is -1.33. The Hall–Kier alpha value is -2.97. The van der Waals surface area contributed by atoms with Gasteiger partial charge in [-0.2, -0.15) is 0 Å². The number of nitrogens with zero attached hydrogens (tertiary/aromatic N) is 4. The van der Waals surface area contributed by atoms with Gasteiger partial charge in [0.1, 0.15) is 23.4 Å². The third-order valence-corrected chi connectivity index (χ3v) is 2.92. The van der Waals surface area contributed by atoms with Crippen LogP contribution in [-0.2, 0) is 13.5 Å². The van der Waals surface area contributed by atoms with Crippen molar-refractivity contribution in [2.75, 3.05) is 11.9 Å². The predicted octanol–water partition coefficient (Wildman–Crippen LogP) is 1.08. The van der Waals surface area contributed by atoms with Gasteiger partial charge in [-0.25, -0.2) is 4.79 Å². The average molecular weight is 291 g/mol. The molecule has 0 spiro atoms. The van der Waals surface area contributed by atoms with E-state index in [0.717, 1.165) is 5.82 Å². The lowest BCUT2D eigenvalue weighted by Crippen LogP contribution is -2.11. The summed E-state index contributed by atoms with van der Waals surface area (Å²) in [7, 11) is 1.79. The normalized spacial score (nSPS) is 10.3. The fourth-order valence-corrected chi connectivity index (χ4v) is 1.90. The Morgan fingerprint density at radius 1 is 1.52 bits per heavy atom. The molecule has 21 heavy (non-hydrogen) atoms. The highest BCUT2D eigenvalue weighted by Gasteiger charge is 2.23. The van der Waals surface area contributed by atoms with Crippen LogP contribution < -0.4 is 5.32 Å². The molecule has 9 heteroatoms. The number of carboxylic acids is 1. The lowest BCUT2D eigenvalue weighted by Gasteiger charge is -2.08. The number of nitrogens with one attached hydrogen (secondary N) is 1. The molecule has 9 nitrogen and oxygen atoms in total. The number of carboxylic acid groups (broad SMARTS) is 1. The predicted molar refractivity (Wildman–Crippen MR) is 73.3 cm³/mol. The summed E-state index contributed by atoms with van der Waals surface area (Å²) in [4.78, 5) is 21.4. The van der Waals surface area contributed by atoms with Crippen LogP contribution >= 0.6 is 0 Å². The van der Waals surface area contributed by atoms with Gasteiger partial charge in [0.05, 0.1) is 4.92 Å². The van der Waals surface area contributed by atoms with Crippen LogP contribution in [0.3, 0.4) is 0 Å². The maximum atomic E-state index is 11.1. The Kier molecular flexibility index (Phi) is 4.12. The summed E-state index contributed by atoms with van der Waals surface area (Å²) in [6.07, 6.45) is 2.06. The van der Waals surface area contributed by atoms with Crippen LogP contribution in [0, 0.1) is 10.1 Å². The molecule has 1 aromatic carbocycles. The number of aromatic nitrogens is 3. The highest BCUT2D eigenvalue weighted by molar-refractivity contribution is 5.95. The number of aryl methyl sites for hydroxylation is 1. The summed E-state index contributed by atoms with van der Waals surface area (Å²) in [5.74, 6) is -0.613. The molecule has 2 N–H and O–H groups in total. The van der Waals surface area contributed by atoms with Crippen molar-refractivity contribution in [2.45, 2.75) is 6.42 Å². The third-order valence-electron chi connectivity index (χ3n) is 2.92. The van der Waals surface area contributed by atoms with Gasteiger partial charge >= 0.3 is 11.7 Å². The molecule has 0 amide bonds. The fraction of sp³-hybridized carbons (Fsp3) is 0.250. The van der Waals surface area contributed by atoms with E-state index in [2.05, 4.69) is 15.5 Å². The van der Waals surface area contributed by atoms with E-state index in [9.17, 15) is 14.9 Å². The summed E-state index contributed by atoms with van der Waals surface area (Å²) in [5, 5.41) is 30.6. The SMILES string of the molecule is Cn1cnnc1CCNc1cccc(C(=O)O)c1[N+](=O)[O-]. The number of nitro groups is 1. The van der Waals surface area contributed by atoms with Crippen LogP contribution in [0.5, 0.6) is 0 Å². The number of rotatable bonds is 6. The summed E-state index contributed by atoms with van der Waals surface area (Å²) in [6.45, 7) is 0.371. The van der Waals surface area contributed by atoms with Crippen LogP contribution in [0.15, 0.2) is 24.5 Å². The molecule has 0 unspecified atom stereocenters. The van der Waals surface area contributed by atoms with E-state index < -0.39 is 16.6 Å². The van der Waals surface area contributed by atoms with Gasteiger partial charge in [-0.3, -0.25) is 10.1 Å². The smallest absolute Gasteiger partial charge is 0.342 e. The van der Waals surface area contributed by atoms with E-state index >= 15 is 0 Å². The Balaban J connectivity index is 2.16. The molecule has 0 aliphatic rings. The number of hydrogen-bond acceptors (Lipinski definition) is 6. The van der Waals surface area contributed by atoms with E-state index in [1.165, 1.54) is 18.2 Å². The molecule has 1 heterocycles. The van der Waals surface area contributed by atoms with Gasteiger partial charge in [0.15, 0.2) is 0 Å². The first-order chi connectivity index (χ1) is 10.0. The first kappa shape index (κ1) is 14.4. The number of para-hydroxylation sites is 1. The van der Waals surface area contributed by atoms with Crippen molar-refractivity contribution in [2.24, 2.45) is 7.05 Å². The molecule has 0 aliphatic heterocycles. The fourth-order valence-electron chi connectivity index (χ4n) is 1.90. The van der Waals surface area contributed by atoms with Crippen LogP contribution in [0.2, 0.25) is 0 Å². The minimum absolute atomic E-state index is 0.169. The van der Waals surface area contributed by atoms with E-state index in [1.54, 1.807) is 17.9 Å². The number of anilines is 1. The zero-order chi connectivity index (χ0) is 15.4. The zero-order valence-electron chi connectivity index (χ0n) is 11.2. The van der Waals surface area contributed by atoms with Crippen molar-refractivity contribution >= 4 is 17.3 Å². The van der Waals surface area contributed by atoms with E-state index in [0.29, 0.717) is 13.0 Å². The van der Waals surface area contributed by atoms with Crippen molar-refractivity contribution in [3.63, 3.8) is 0 Å². The van der Waals surface area contributed by atoms with E-state index in [-0.39, 0.29) is 11.3 Å². The molecule has 0 bridgehead atoms. The Labute approximate surface area is 119 Å². The topological polar surface area (TPSA) is 123 Å². The van der Waals surface area contributed by atoms with Crippen LogP contribution in [0.25, 0.3) is 0 Å². The van der Waals surface area contributed by atoms with E-state index in [4.69, 9.17) is 5.11 Å². The lowest BCUT2D eigenvalue weighted by molar-refractivity contribution is -0.384. The van der Waals surface area contributed by atoms with Gasteiger partial charge in [0.2, 0.25) is 0 Å². The molecule has 0 saturated carbocycles. The second-order valence-electron chi connectivity index (χ2n) is 4.30. The highest BCUT2D eigenvalue weighted by Crippen LogP contribution is 2.28. The molecule has 0 radical (unpaired) electrons. The van der Waals surface area contributed by atoms with Crippen molar-refractivity contribution in [3.8, 4) is 0 Å². The second kappa shape index (κ2) is 5.99. The van der Waals surface area contributed by atoms with Gasteiger partial charge < -0.3 is 15.0 Å². The number of benzene rings is 1. The molecular formula is C12H13N5O4. The van der Waals surface area contributed by atoms with Crippen LogP contribution in [0.1, 0.15) is 16.2 Å². The van der Waals surface area contributed by atoms with Crippen LogP contribution in [0.4, 0.5) is 11.4 Å². The molecule has 110 valence electrons. The molecule has 2 aromatic rings. The lowest BCUT2D eigenvalue weighted by atomic mass is 10.1. The molecule has 0 aliphatic carbocycles. The van der Waals surface area contributed by atoms with Gasteiger partial charge in [0, 0.05) is 20.0 Å². The summed E-state index contributed by atoms with van der Waals surface area (Å²) >= 11 is 0. The zero-order valence-corrected chi connectivity index (χ0v) is 11.2. The van der Waals surface area contributed by atoms with Crippen LogP contribution in [-0.4, -0.2) is 37.3 Å². The maximum Gasteiger partial charge on any atom is 0.342 e. The molecule has 1 aromatic heterocycles. The summed E-state index contributed by atoms with van der Waals surface area (Å²) in [6, 6.07) is 4.14. The van der Waals surface area contributed by atoms with Crippen molar-refractivity contribution < 1.29 is 14.8 Å². The number of hydrogen-bond donors (Lipinski definition) is 2. The second-order valence-corrected chi connectivity index (χ2v) is 4.30. The van der Waals surface area contributed by atoms with E-state index in [1.807, 2.05) is 0 Å². The largest absolute Gasteiger partial charge is 0.477 e. The summed E-state index contributed by atoms with van der Waals surface area (Å²) in [5.41, 5.74) is -0.617. The maximum absolute atomic E-state index is 11.1. The Bertz CT molecular complexity index is 682. The Morgan fingerprint density at radius 3 is 2.86 bits per heavy atom. The molecule has 0 fully saturated rings. The molecule has 2 rings (SSSR count). The molecule has 0 saturated heterocycles. The average Bonchev–Trinajstić information content (AvgIpc) is 2.84. The third kappa shape index (κ3) is 3.14. The molecule has 0 atom stereocenters. The van der Waals surface area contributed by atoms with Gasteiger partial charge in [-0.15, -0.1) is 10.2 Å². The van der Waals surface area contributed by atoms with Gasteiger partial charge in [-0.1, -0.05) is 6.07 Å². The van der Waals surface area contributed by atoms with Crippen molar-refractivity contribution in [3.05, 3.63) is 46.0 Å².